The lowest BCUT2D eigenvalue weighted by molar-refractivity contribution is -0.123. The van der Waals surface area contributed by atoms with Gasteiger partial charge < -0.3 is 14.6 Å². The molecule has 0 amide bonds. The summed E-state index contributed by atoms with van der Waals surface area (Å²) in [4.78, 5) is 23.9. The van der Waals surface area contributed by atoms with Crippen LogP contribution in [0.1, 0.15) is 31.9 Å². The van der Waals surface area contributed by atoms with Crippen molar-refractivity contribution < 1.29 is 33.0 Å². The second-order valence-electron chi connectivity index (χ2n) is 7.53. The second kappa shape index (κ2) is 9.44. The van der Waals surface area contributed by atoms with Crippen molar-refractivity contribution in [2.24, 2.45) is 0 Å². The van der Waals surface area contributed by atoms with E-state index in [1.54, 1.807) is 12.1 Å². The van der Waals surface area contributed by atoms with E-state index < -0.39 is 17.2 Å². The van der Waals surface area contributed by atoms with Gasteiger partial charge in [0.25, 0.3) is 6.47 Å². The van der Waals surface area contributed by atoms with E-state index in [-0.39, 0.29) is 34.4 Å². The van der Waals surface area contributed by atoms with E-state index in [1.807, 2.05) is 26.0 Å². The standard InChI is InChI=1S/C26H18F2O5S/c1-14-3-5-18(15(2)9-14)24(31)26-25(20-6-4-16(30)10-23(20)34-26)33-17-11-21(27)19(22(28)12-17)7-8-32-13-29/h3-13,30H,1-2H3/b8-7+. The molecule has 1 N–H and O–H groups in total. The SMILES string of the molecule is Cc1ccc(C(=O)c2sc3cc(O)ccc3c2Oc2cc(F)c(/C=C/OC=O)c(F)c2)c(C)c1. The lowest BCUT2D eigenvalue weighted by Gasteiger charge is -2.10. The van der Waals surface area contributed by atoms with Crippen molar-refractivity contribution in [1.82, 2.24) is 0 Å². The smallest absolute Gasteiger partial charge is 0.297 e. The summed E-state index contributed by atoms with van der Waals surface area (Å²) in [6.07, 6.45) is 1.83. The lowest BCUT2D eigenvalue weighted by Crippen LogP contribution is -2.04. The van der Waals surface area contributed by atoms with Crippen LogP contribution in [0.3, 0.4) is 0 Å². The summed E-state index contributed by atoms with van der Waals surface area (Å²) in [5, 5.41) is 10.4. The molecule has 4 aromatic rings. The normalized spacial score (nSPS) is 11.2. The number of fused-ring (bicyclic) bond motifs is 1. The van der Waals surface area contributed by atoms with Crippen molar-refractivity contribution in [1.29, 1.82) is 0 Å². The molecule has 0 bridgehead atoms. The molecular weight excluding hydrogens is 462 g/mol. The van der Waals surface area contributed by atoms with Gasteiger partial charge in [0.1, 0.15) is 28.0 Å². The van der Waals surface area contributed by atoms with Crippen LogP contribution in [-0.4, -0.2) is 17.4 Å². The van der Waals surface area contributed by atoms with Gasteiger partial charge in [0.2, 0.25) is 5.78 Å². The maximum absolute atomic E-state index is 14.5. The summed E-state index contributed by atoms with van der Waals surface area (Å²) in [7, 11) is 0. The fourth-order valence-electron chi connectivity index (χ4n) is 3.54. The topological polar surface area (TPSA) is 72.8 Å². The fourth-order valence-corrected chi connectivity index (χ4v) is 4.66. The fraction of sp³-hybridized carbons (Fsp3) is 0.0769. The summed E-state index contributed by atoms with van der Waals surface area (Å²) >= 11 is 1.12. The van der Waals surface area contributed by atoms with Gasteiger partial charge in [-0.1, -0.05) is 23.8 Å². The summed E-state index contributed by atoms with van der Waals surface area (Å²) in [5.41, 5.74) is 1.84. The molecule has 0 aliphatic rings. The number of ketones is 1. The third-order valence-corrected chi connectivity index (χ3v) is 6.23. The predicted molar refractivity (Wildman–Crippen MR) is 125 cm³/mol. The number of phenols is 1. The molecule has 0 radical (unpaired) electrons. The lowest BCUT2D eigenvalue weighted by atomic mass is 10.0. The number of phenolic OH excluding ortho intramolecular Hbond substituents is 1. The van der Waals surface area contributed by atoms with Gasteiger partial charge >= 0.3 is 0 Å². The molecule has 0 saturated heterocycles. The average Bonchev–Trinajstić information content (AvgIpc) is 3.12. The first-order chi connectivity index (χ1) is 16.3. The highest BCUT2D eigenvalue weighted by atomic mass is 32.1. The molecule has 8 heteroatoms. The Morgan fingerprint density at radius 3 is 2.44 bits per heavy atom. The van der Waals surface area contributed by atoms with Crippen LogP contribution in [-0.2, 0) is 9.53 Å². The van der Waals surface area contributed by atoms with Gasteiger partial charge in [-0.15, -0.1) is 11.3 Å². The number of thiophene rings is 1. The van der Waals surface area contributed by atoms with E-state index in [0.29, 0.717) is 15.6 Å². The van der Waals surface area contributed by atoms with E-state index >= 15 is 0 Å². The van der Waals surface area contributed by atoms with Crippen LogP contribution in [0.25, 0.3) is 16.2 Å². The molecule has 0 atom stereocenters. The molecule has 0 fully saturated rings. The molecule has 1 heterocycles. The molecule has 5 nitrogen and oxygen atoms in total. The first kappa shape index (κ1) is 23.1. The Labute approximate surface area is 197 Å². The number of hydrogen-bond acceptors (Lipinski definition) is 6. The monoisotopic (exact) mass is 480 g/mol. The molecule has 0 aliphatic carbocycles. The third kappa shape index (κ3) is 4.53. The highest BCUT2D eigenvalue weighted by Gasteiger charge is 2.24. The van der Waals surface area contributed by atoms with Crippen molar-refractivity contribution in [2.75, 3.05) is 0 Å². The van der Waals surface area contributed by atoms with Crippen LogP contribution >= 0.6 is 11.3 Å². The predicted octanol–water partition coefficient (Wildman–Crippen LogP) is 6.67. The van der Waals surface area contributed by atoms with E-state index in [1.165, 1.54) is 12.1 Å². The van der Waals surface area contributed by atoms with Crippen LogP contribution in [0.15, 0.2) is 54.8 Å². The summed E-state index contributed by atoms with van der Waals surface area (Å²) in [6, 6.07) is 11.9. The summed E-state index contributed by atoms with van der Waals surface area (Å²) in [5.74, 6) is -2.21. The number of aryl methyl sites for hydroxylation is 2. The van der Waals surface area contributed by atoms with Crippen LogP contribution in [0.2, 0.25) is 0 Å². The van der Waals surface area contributed by atoms with Crippen LogP contribution in [0.5, 0.6) is 17.2 Å². The van der Waals surface area contributed by atoms with Gasteiger partial charge in [-0.3, -0.25) is 9.59 Å². The zero-order valence-electron chi connectivity index (χ0n) is 18.1. The highest BCUT2D eigenvalue weighted by Crippen LogP contribution is 2.43. The maximum atomic E-state index is 14.5. The quantitative estimate of drug-likeness (QED) is 0.182. The number of ether oxygens (including phenoxy) is 2. The minimum absolute atomic E-state index is 0.0107. The number of hydrogen-bond donors (Lipinski definition) is 1. The van der Waals surface area contributed by atoms with Crippen LogP contribution < -0.4 is 4.74 Å². The largest absolute Gasteiger partial charge is 0.508 e. The molecule has 0 spiro atoms. The second-order valence-corrected chi connectivity index (χ2v) is 8.58. The van der Waals surface area contributed by atoms with E-state index in [9.17, 15) is 23.5 Å². The maximum Gasteiger partial charge on any atom is 0.297 e. The van der Waals surface area contributed by atoms with Crippen molar-refractivity contribution in [3.8, 4) is 17.2 Å². The Bertz CT molecular complexity index is 1430. The number of rotatable bonds is 7. The Balaban J connectivity index is 1.81. The number of carbonyl (C=O) groups excluding carboxylic acids is 2. The number of halogens is 2. The summed E-state index contributed by atoms with van der Waals surface area (Å²) in [6.45, 7) is 3.87. The van der Waals surface area contributed by atoms with Gasteiger partial charge in [-0.25, -0.2) is 8.78 Å². The van der Waals surface area contributed by atoms with E-state index in [4.69, 9.17) is 4.74 Å². The number of benzene rings is 3. The van der Waals surface area contributed by atoms with E-state index in [2.05, 4.69) is 4.74 Å². The van der Waals surface area contributed by atoms with Gasteiger partial charge in [0.15, 0.2) is 5.75 Å². The third-order valence-electron chi connectivity index (χ3n) is 5.10. The number of aromatic hydroxyl groups is 1. The van der Waals surface area contributed by atoms with Gasteiger partial charge in [-0.05, 0) is 43.7 Å². The van der Waals surface area contributed by atoms with Crippen molar-refractivity contribution in [3.63, 3.8) is 0 Å². The molecule has 172 valence electrons. The van der Waals surface area contributed by atoms with Crippen molar-refractivity contribution in [2.45, 2.75) is 13.8 Å². The minimum atomic E-state index is -0.944. The zero-order chi connectivity index (χ0) is 24.4. The first-order valence-corrected chi connectivity index (χ1v) is 10.9. The van der Waals surface area contributed by atoms with Crippen LogP contribution in [0, 0.1) is 25.5 Å². The molecule has 1 aromatic heterocycles. The van der Waals surface area contributed by atoms with Gasteiger partial charge in [-0.2, -0.15) is 0 Å². The van der Waals surface area contributed by atoms with Crippen LogP contribution in [0.4, 0.5) is 8.78 Å². The Hall–Kier alpha value is -4.04. The summed E-state index contributed by atoms with van der Waals surface area (Å²) < 4.78 is 39.9. The molecule has 0 aliphatic heterocycles. The first-order valence-electron chi connectivity index (χ1n) is 10.1. The minimum Gasteiger partial charge on any atom is -0.508 e. The molecular formula is C26H18F2O5S. The average molecular weight is 480 g/mol. The van der Waals surface area contributed by atoms with Gasteiger partial charge in [0.05, 0.1) is 6.26 Å². The van der Waals surface area contributed by atoms with Crippen molar-refractivity contribution >= 4 is 39.8 Å². The molecule has 0 unspecified atom stereocenters. The Morgan fingerprint density at radius 2 is 1.76 bits per heavy atom. The van der Waals surface area contributed by atoms with Gasteiger partial charge in [0, 0.05) is 33.3 Å². The highest BCUT2D eigenvalue weighted by molar-refractivity contribution is 7.21. The number of carbonyl (C=O) groups is 2. The molecule has 3 aromatic carbocycles. The van der Waals surface area contributed by atoms with E-state index in [0.717, 1.165) is 46.9 Å². The zero-order valence-corrected chi connectivity index (χ0v) is 18.9. The van der Waals surface area contributed by atoms with Crippen molar-refractivity contribution in [3.05, 3.63) is 93.6 Å². The molecule has 34 heavy (non-hydrogen) atoms. The Kier molecular flexibility index (Phi) is 6.43. The molecule has 0 saturated carbocycles. The molecule has 4 rings (SSSR count). The Morgan fingerprint density at radius 1 is 1.03 bits per heavy atom.